The molecule has 0 aromatic rings. The van der Waals surface area contributed by atoms with E-state index in [0.29, 0.717) is 36.6 Å². The molecule has 0 saturated carbocycles. The number of nitrogens with zero attached hydrogens (tertiary/aromatic N) is 2. The molecule has 6 nitrogen and oxygen atoms in total. The van der Waals surface area contributed by atoms with Crippen molar-refractivity contribution < 1.29 is 18.9 Å². The van der Waals surface area contributed by atoms with Gasteiger partial charge in [0, 0.05) is 45.2 Å². The van der Waals surface area contributed by atoms with E-state index in [1.807, 2.05) is 0 Å². The van der Waals surface area contributed by atoms with Crippen molar-refractivity contribution in [1.29, 1.82) is 0 Å². The smallest absolute Gasteiger partial charge is 0.0731 e. The van der Waals surface area contributed by atoms with Gasteiger partial charge in [0.25, 0.3) is 0 Å². The fourth-order valence-corrected chi connectivity index (χ4v) is 4.20. The molecular weight excluding hydrogens is 332 g/mol. The van der Waals surface area contributed by atoms with Crippen LogP contribution >= 0.6 is 0 Å². The molecule has 5 aliphatic rings. The van der Waals surface area contributed by atoms with Gasteiger partial charge in [0.15, 0.2) is 0 Å². The van der Waals surface area contributed by atoms with Crippen LogP contribution < -0.4 is 0 Å². The van der Waals surface area contributed by atoms with Gasteiger partial charge in [-0.25, -0.2) is 0 Å². The molecule has 0 spiro atoms. The topological polar surface area (TPSA) is 43.4 Å². The first-order chi connectivity index (χ1) is 12.5. The van der Waals surface area contributed by atoms with Crippen molar-refractivity contribution in [3.05, 3.63) is 0 Å². The van der Waals surface area contributed by atoms with Gasteiger partial charge in [-0.1, -0.05) is 0 Å². The Morgan fingerprint density at radius 2 is 1.46 bits per heavy atom. The molecule has 4 unspecified atom stereocenters. The maximum Gasteiger partial charge on any atom is 0.0731 e. The second kappa shape index (κ2) is 9.80. The number of hydrogen-bond donors (Lipinski definition) is 0. The van der Waals surface area contributed by atoms with Crippen LogP contribution in [0.2, 0.25) is 0 Å². The highest BCUT2D eigenvalue weighted by Gasteiger charge is 2.38. The highest BCUT2D eigenvalue weighted by Crippen LogP contribution is 2.28. The first-order valence-corrected chi connectivity index (χ1v) is 10.5. The molecule has 0 aliphatic carbocycles. The van der Waals surface area contributed by atoms with Gasteiger partial charge in [0.05, 0.1) is 50.3 Å². The zero-order chi connectivity index (χ0) is 18.5. The maximum absolute atomic E-state index is 5.55. The number of likely N-dealkylation sites (tertiary alicyclic amines) is 1. The van der Waals surface area contributed by atoms with E-state index >= 15 is 0 Å². The fourth-order valence-electron chi connectivity index (χ4n) is 4.20. The van der Waals surface area contributed by atoms with Crippen molar-refractivity contribution in [3.8, 4) is 0 Å². The molecule has 5 fully saturated rings. The lowest BCUT2D eigenvalue weighted by molar-refractivity contribution is -0.182. The lowest BCUT2D eigenvalue weighted by atomic mass is 9.99. The quantitative estimate of drug-likeness (QED) is 0.649. The largest absolute Gasteiger partial charge is 0.377 e. The molecule has 0 aromatic heterocycles. The summed E-state index contributed by atoms with van der Waals surface area (Å²) in [5.41, 5.74) is 0. The Bertz CT molecular complexity index is 405. The van der Waals surface area contributed by atoms with Crippen LogP contribution in [0, 0.1) is 0 Å². The molecule has 152 valence electrons. The third-order valence-corrected chi connectivity index (χ3v) is 5.54. The number of morpholine rings is 2. The first-order valence-electron chi connectivity index (χ1n) is 10.5. The summed E-state index contributed by atoms with van der Waals surface area (Å²) in [5.74, 6) is 0. The summed E-state index contributed by atoms with van der Waals surface area (Å²) in [6, 6.07) is 0.681. The zero-order valence-corrected chi connectivity index (χ0v) is 17.1. The number of piperidine rings is 1. The summed E-state index contributed by atoms with van der Waals surface area (Å²) in [5, 5.41) is 0. The van der Waals surface area contributed by atoms with E-state index in [1.165, 1.54) is 12.8 Å². The van der Waals surface area contributed by atoms with E-state index in [4.69, 9.17) is 18.9 Å². The Balaban J connectivity index is 0.000000151. The first kappa shape index (κ1) is 20.5. The van der Waals surface area contributed by atoms with Crippen LogP contribution in [0.25, 0.3) is 0 Å². The van der Waals surface area contributed by atoms with E-state index in [1.54, 1.807) is 0 Å². The summed E-state index contributed by atoms with van der Waals surface area (Å²) < 4.78 is 22.1. The summed E-state index contributed by atoms with van der Waals surface area (Å²) in [6.07, 6.45) is 4.80. The average Bonchev–Trinajstić information content (AvgIpc) is 3.17. The molecule has 0 N–H and O–H groups in total. The molecule has 4 atom stereocenters. The maximum atomic E-state index is 5.55. The molecule has 5 saturated heterocycles. The van der Waals surface area contributed by atoms with Crippen molar-refractivity contribution in [3.63, 3.8) is 0 Å². The predicted octanol–water partition coefficient (Wildman–Crippen LogP) is 1.77. The summed E-state index contributed by atoms with van der Waals surface area (Å²) in [7, 11) is 0. The van der Waals surface area contributed by atoms with Gasteiger partial charge < -0.3 is 18.9 Å². The monoisotopic (exact) mass is 370 g/mol. The van der Waals surface area contributed by atoms with Crippen molar-refractivity contribution >= 4 is 0 Å². The van der Waals surface area contributed by atoms with Gasteiger partial charge in [0.2, 0.25) is 0 Å². The summed E-state index contributed by atoms with van der Waals surface area (Å²) in [4.78, 5) is 4.95. The normalized spacial score (nSPS) is 33.5. The number of hydrogen-bond acceptors (Lipinski definition) is 6. The van der Waals surface area contributed by atoms with E-state index in [0.717, 1.165) is 52.5 Å². The molecule has 5 rings (SSSR count). The van der Waals surface area contributed by atoms with Gasteiger partial charge in [-0.3, -0.25) is 9.80 Å². The Morgan fingerprint density at radius 1 is 0.846 bits per heavy atom. The van der Waals surface area contributed by atoms with E-state index in [-0.39, 0.29) is 0 Å². The fraction of sp³-hybridized carbons (Fsp3) is 1.00. The number of rotatable bonds is 8. The van der Waals surface area contributed by atoms with Crippen LogP contribution in [-0.4, -0.2) is 98.9 Å². The van der Waals surface area contributed by atoms with Crippen LogP contribution in [0.5, 0.6) is 0 Å². The molecule has 26 heavy (non-hydrogen) atoms. The highest BCUT2D eigenvalue weighted by molar-refractivity contribution is 4.91. The predicted molar refractivity (Wildman–Crippen MR) is 102 cm³/mol. The third-order valence-electron chi connectivity index (χ3n) is 5.54. The third kappa shape index (κ3) is 6.14. The van der Waals surface area contributed by atoms with Gasteiger partial charge in [0.1, 0.15) is 0 Å². The second-order valence-electron chi connectivity index (χ2n) is 8.55. The lowest BCUT2D eigenvalue weighted by Gasteiger charge is -2.47. The van der Waals surface area contributed by atoms with Crippen LogP contribution in [0.3, 0.4) is 0 Å². The molecule has 5 heterocycles. The number of ether oxygens (including phenoxy) is 4. The van der Waals surface area contributed by atoms with E-state index in [2.05, 4.69) is 37.5 Å². The minimum Gasteiger partial charge on any atom is -0.377 e. The lowest BCUT2D eigenvalue weighted by Crippen LogP contribution is -2.57. The van der Waals surface area contributed by atoms with Crippen molar-refractivity contribution in [2.24, 2.45) is 0 Å². The molecule has 4 bridgehead atoms. The van der Waals surface area contributed by atoms with E-state index < -0.39 is 0 Å². The molecule has 5 aliphatic heterocycles. The molecule has 0 radical (unpaired) electrons. The van der Waals surface area contributed by atoms with Gasteiger partial charge in [-0.2, -0.15) is 0 Å². The molecular formula is C20H38N2O4. The van der Waals surface area contributed by atoms with E-state index in [9.17, 15) is 0 Å². The van der Waals surface area contributed by atoms with Gasteiger partial charge >= 0.3 is 0 Å². The van der Waals surface area contributed by atoms with Gasteiger partial charge in [-0.05, 0) is 34.1 Å². The minimum absolute atomic E-state index is 0.357. The Morgan fingerprint density at radius 3 is 1.96 bits per heavy atom. The SMILES string of the molecule is CC(C)OCCN1CC2CC(C1)O2.CC(C)OCCN1CC2CC1CO2. The standard InChI is InChI=1S/2C10H19NO2/c1-8(2)12-4-3-11-6-10-5-9(11)7-13-10;1-8(2)12-4-3-11-6-9-5-10(7-11)13-9/h2*8-10H,3-7H2,1-2H3. The minimum atomic E-state index is 0.357. The van der Waals surface area contributed by atoms with Gasteiger partial charge in [-0.15, -0.1) is 0 Å². The Hall–Kier alpha value is -0.240. The highest BCUT2D eigenvalue weighted by atomic mass is 16.5. The van der Waals surface area contributed by atoms with Crippen LogP contribution in [0.1, 0.15) is 40.5 Å². The molecule has 0 amide bonds. The van der Waals surface area contributed by atoms with Crippen LogP contribution in [0.15, 0.2) is 0 Å². The zero-order valence-electron chi connectivity index (χ0n) is 17.1. The van der Waals surface area contributed by atoms with Crippen molar-refractivity contribution in [2.45, 2.75) is 77.1 Å². The second-order valence-corrected chi connectivity index (χ2v) is 8.55. The van der Waals surface area contributed by atoms with Crippen LogP contribution in [-0.2, 0) is 18.9 Å². The Kier molecular flexibility index (Phi) is 7.73. The molecule has 6 heteroatoms. The number of fused-ring (bicyclic) bond motifs is 4. The van der Waals surface area contributed by atoms with Crippen molar-refractivity contribution in [2.75, 3.05) is 52.5 Å². The Labute approximate surface area is 159 Å². The van der Waals surface area contributed by atoms with Crippen molar-refractivity contribution in [1.82, 2.24) is 9.80 Å². The van der Waals surface area contributed by atoms with Crippen LogP contribution in [0.4, 0.5) is 0 Å². The summed E-state index contributed by atoms with van der Waals surface area (Å²) in [6.45, 7) is 16.5. The summed E-state index contributed by atoms with van der Waals surface area (Å²) >= 11 is 0. The average molecular weight is 371 g/mol. The molecule has 0 aromatic carbocycles.